The van der Waals surface area contributed by atoms with Crippen LogP contribution in [-0.2, 0) is 11.2 Å². The first kappa shape index (κ1) is 13.4. The van der Waals surface area contributed by atoms with Gasteiger partial charge < -0.3 is 15.8 Å². The van der Waals surface area contributed by atoms with Crippen molar-refractivity contribution in [2.45, 2.75) is 50.2 Å². The Morgan fingerprint density at radius 3 is 2.75 bits per heavy atom. The van der Waals surface area contributed by atoms with Gasteiger partial charge in [-0.15, -0.1) is 0 Å². The lowest BCUT2D eigenvalue weighted by atomic mass is 9.81. The maximum atomic E-state index is 12.5. The summed E-state index contributed by atoms with van der Waals surface area (Å²) in [6.07, 6.45) is 5.74. The van der Waals surface area contributed by atoms with Gasteiger partial charge in [0.2, 0.25) is 0 Å². The molecule has 0 radical (unpaired) electrons. The second-order valence-electron chi connectivity index (χ2n) is 5.95. The van der Waals surface area contributed by atoms with Gasteiger partial charge in [0.1, 0.15) is 5.75 Å². The second-order valence-corrected chi connectivity index (χ2v) is 5.95. The Morgan fingerprint density at radius 2 is 2.05 bits per heavy atom. The van der Waals surface area contributed by atoms with E-state index in [1.54, 1.807) is 0 Å². The fourth-order valence-corrected chi connectivity index (χ4v) is 3.28. The number of carbonyl (C=O) groups is 1. The van der Waals surface area contributed by atoms with Crippen molar-refractivity contribution < 1.29 is 9.53 Å². The first-order valence-corrected chi connectivity index (χ1v) is 7.49. The van der Waals surface area contributed by atoms with Crippen LogP contribution in [0.3, 0.4) is 0 Å². The van der Waals surface area contributed by atoms with Gasteiger partial charge in [-0.2, -0.15) is 0 Å². The van der Waals surface area contributed by atoms with Crippen molar-refractivity contribution >= 4 is 5.91 Å². The highest BCUT2D eigenvalue weighted by atomic mass is 16.5. The van der Waals surface area contributed by atoms with Crippen LogP contribution in [0.5, 0.6) is 5.75 Å². The predicted octanol–water partition coefficient (Wildman–Crippen LogP) is 1.77. The molecule has 0 bridgehead atoms. The Bertz CT molecular complexity index is 470. The standard InChI is InChI=1S/C16H22N2O2/c17-11-16(8-4-1-5-9-16)18-15(19)14-10-12-6-2-3-7-13(12)20-14/h2-3,6-7,14H,1,4-5,8-11,17H2,(H,18,19). The van der Waals surface area contributed by atoms with E-state index in [4.69, 9.17) is 10.5 Å². The molecule has 3 N–H and O–H groups in total. The van der Waals surface area contributed by atoms with Gasteiger partial charge in [-0.05, 0) is 24.5 Å². The highest BCUT2D eigenvalue weighted by molar-refractivity contribution is 5.83. The van der Waals surface area contributed by atoms with Gasteiger partial charge >= 0.3 is 0 Å². The maximum absolute atomic E-state index is 12.5. The van der Waals surface area contributed by atoms with Gasteiger partial charge in [-0.3, -0.25) is 4.79 Å². The molecule has 1 saturated carbocycles. The summed E-state index contributed by atoms with van der Waals surface area (Å²) < 4.78 is 5.75. The van der Waals surface area contributed by atoms with Crippen LogP contribution in [0.25, 0.3) is 0 Å². The Hall–Kier alpha value is -1.55. The summed E-state index contributed by atoms with van der Waals surface area (Å²) in [6, 6.07) is 7.84. The number of carbonyl (C=O) groups excluding carboxylic acids is 1. The van der Waals surface area contributed by atoms with Crippen LogP contribution >= 0.6 is 0 Å². The number of rotatable bonds is 3. The van der Waals surface area contributed by atoms with Gasteiger partial charge in [-0.1, -0.05) is 37.5 Å². The van der Waals surface area contributed by atoms with Crippen LogP contribution in [0.1, 0.15) is 37.7 Å². The number of hydrogen-bond acceptors (Lipinski definition) is 3. The normalized spacial score (nSPS) is 23.8. The van der Waals surface area contributed by atoms with Crippen molar-refractivity contribution in [2.24, 2.45) is 5.73 Å². The van der Waals surface area contributed by atoms with Gasteiger partial charge in [0.05, 0.1) is 5.54 Å². The molecule has 0 aromatic heterocycles. The van der Waals surface area contributed by atoms with Crippen molar-refractivity contribution in [2.75, 3.05) is 6.54 Å². The molecule has 1 aromatic rings. The number of nitrogens with two attached hydrogens (primary N) is 1. The third kappa shape index (κ3) is 2.52. The zero-order valence-electron chi connectivity index (χ0n) is 11.7. The minimum absolute atomic E-state index is 0.0199. The molecule has 0 spiro atoms. The molecule has 1 unspecified atom stereocenters. The monoisotopic (exact) mass is 274 g/mol. The molecule has 1 aliphatic heterocycles. The highest BCUT2D eigenvalue weighted by Gasteiger charge is 2.36. The summed E-state index contributed by atoms with van der Waals surface area (Å²) in [6.45, 7) is 0.512. The zero-order valence-corrected chi connectivity index (χ0v) is 11.7. The molecule has 1 aromatic carbocycles. The van der Waals surface area contributed by atoms with Crippen LogP contribution in [-0.4, -0.2) is 24.1 Å². The SMILES string of the molecule is NCC1(NC(=O)C2Cc3ccccc3O2)CCCCC1. The molecule has 2 aliphatic rings. The molecule has 3 rings (SSSR count). The number of para-hydroxylation sites is 1. The molecular formula is C16H22N2O2. The molecule has 1 heterocycles. The minimum Gasteiger partial charge on any atom is -0.480 e. The van der Waals surface area contributed by atoms with Crippen LogP contribution in [0.2, 0.25) is 0 Å². The van der Waals surface area contributed by atoms with Crippen molar-refractivity contribution in [1.29, 1.82) is 0 Å². The van der Waals surface area contributed by atoms with E-state index in [2.05, 4.69) is 5.32 Å². The van der Waals surface area contributed by atoms with Crippen molar-refractivity contribution in [1.82, 2.24) is 5.32 Å². The van der Waals surface area contributed by atoms with Gasteiger partial charge in [0.15, 0.2) is 6.10 Å². The van der Waals surface area contributed by atoms with Gasteiger partial charge in [-0.25, -0.2) is 0 Å². The van der Waals surface area contributed by atoms with E-state index in [0.717, 1.165) is 37.0 Å². The summed E-state index contributed by atoms with van der Waals surface area (Å²) in [5.74, 6) is 0.812. The molecule has 108 valence electrons. The fraction of sp³-hybridized carbons (Fsp3) is 0.562. The largest absolute Gasteiger partial charge is 0.480 e. The van der Waals surface area contributed by atoms with E-state index in [1.807, 2.05) is 24.3 Å². The Labute approximate surface area is 119 Å². The Balaban J connectivity index is 1.66. The molecule has 0 saturated heterocycles. The van der Waals surface area contributed by atoms with Crippen LogP contribution in [0.15, 0.2) is 24.3 Å². The Kier molecular flexibility index (Phi) is 3.66. The topological polar surface area (TPSA) is 64.3 Å². The van der Waals surface area contributed by atoms with E-state index in [-0.39, 0.29) is 11.4 Å². The number of fused-ring (bicyclic) bond motifs is 1. The van der Waals surface area contributed by atoms with Crippen molar-refractivity contribution in [3.05, 3.63) is 29.8 Å². The molecule has 20 heavy (non-hydrogen) atoms. The number of ether oxygens (including phenoxy) is 1. The molecule has 4 nitrogen and oxygen atoms in total. The highest BCUT2D eigenvalue weighted by Crippen LogP contribution is 2.30. The summed E-state index contributed by atoms with van der Waals surface area (Å²) in [5.41, 5.74) is 6.81. The lowest BCUT2D eigenvalue weighted by Gasteiger charge is -2.37. The van der Waals surface area contributed by atoms with Crippen LogP contribution < -0.4 is 15.8 Å². The average Bonchev–Trinajstić information content (AvgIpc) is 2.92. The van der Waals surface area contributed by atoms with E-state index < -0.39 is 6.10 Å². The second kappa shape index (κ2) is 5.44. The van der Waals surface area contributed by atoms with Gasteiger partial charge in [0.25, 0.3) is 5.91 Å². The molecule has 1 amide bonds. The van der Waals surface area contributed by atoms with E-state index >= 15 is 0 Å². The zero-order chi connectivity index (χ0) is 14.0. The molecule has 4 heteroatoms. The van der Waals surface area contributed by atoms with Crippen LogP contribution in [0.4, 0.5) is 0 Å². The first-order chi connectivity index (χ1) is 9.72. The summed E-state index contributed by atoms with van der Waals surface area (Å²) >= 11 is 0. The summed E-state index contributed by atoms with van der Waals surface area (Å²) in [5, 5.41) is 3.17. The van der Waals surface area contributed by atoms with Crippen molar-refractivity contribution in [3.63, 3.8) is 0 Å². The fourth-order valence-electron chi connectivity index (χ4n) is 3.28. The maximum Gasteiger partial charge on any atom is 0.261 e. The van der Waals surface area contributed by atoms with Crippen molar-refractivity contribution in [3.8, 4) is 5.75 Å². The predicted molar refractivity (Wildman–Crippen MR) is 77.6 cm³/mol. The van der Waals surface area contributed by atoms with Crippen LogP contribution in [0, 0.1) is 0 Å². The average molecular weight is 274 g/mol. The lowest BCUT2D eigenvalue weighted by Crippen LogP contribution is -2.57. The quantitative estimate of drug-likeness (QED) is 0.883. The van der Waals surface area contributed by atoms with E-state index in [9.17, 15) is 4.79 Å². The number of benzene rings is 1. The smallest absolute Gasteiger partial charge is 0.261 e. The molecular weight excluding hydrogens is 252 g/mol. The Morgan fingerprint density at radius 1 is 1.30 bits per heavy atom. The summed E-state index contributed by atoms with van der Waals surface area (Å²) in [7, 11) is 0. The molecule has 1 aliphatic carbocycles. The number of nitrogens with one attached hydrogen (secondary N) is 1. The lowest BCUT2D eigenvalue weighted by molar-refractivity contribution is -0.129. The number of amides is 1. The first-order valence-electron chi connectivity index (χ1n) is 7.49. The molecule has 1 fully saturated rings. The van der Waals surface area contributed by atoms with Gasteiger partial charge in [0, 0.05) is 13.0 Å². The van der Waals surface area contributed by atoms with E-state index in [0.29, 0.717) is 13.0 Å². The number of hydrogen-bond donors (Lipinski definition) is 2. The van der Waals surface area contributed by atoms with E-state index in [1.165, 1.54) is 6.42 Å². The summed E-state index contributed by atoms with van der Waals surface area (Å²) in [4.78, 5) is 12.5. The third-order valence-corrected chi connectivity index (χ3v) is 4.53. The molecule has 1 atom stereocenters. The minimum atomic E-state index is -0.405. The third-order valence-electron chi connectivity index (χ3n) is 4.53.